The van der Waals surface area contributed by atoms with Crippen LogP contribution in [0.25, 0.3) is 0 Å². The van der Waals surface area contributed by atoms with Crippen molar-refractivity contribution in [3.05, 3.63) is 35.9 Å². The number of carbonyl (C=O) groups excluding carboxylic acids is 2. The summed E-state index contributed by atoms with van der Waals surface area (Å²) in [6.07, 6.45) is 4.01. The molecule has 0 fully saturated rings. The fraction of sp³-hybridized carbons (Fsp3) is 0.579. The second kappa shape index (κ2) is 9.62. The average Bonchev–Trinajstić information content (AvgIpc) is 2.54. The van der Waals surface area contributed by atoms with Crippen molar-refractivity contribution >= 4 is 20.2 Å². The molecular weight excluding hydrogens is 316 g/mol. The molecule has 4 nitrogen and oxygen atoms in total. The highest BCUT2D eigenvalue weighted by molar-refractivity contribution is 6.78. The fourth-order valence-electron chi connectivity index (χ4n) is 2.53. The molecule has 0 aliphatic carbocycles. The maximum atomic E-state index is 13.2. The van der Waals surface area contributed by atoms with Gasteiger partial charge in [-0.2, -0.15) is 0 Å². The monoisotopic (exact) mass is 348 g/mol. The summed E-state index contributed by atoms with van der Waals surface area (Å²) < 4.78 is 1.55. The predicted molar refractivity (Wildman–Crippen MR) is 103 cm³/mol. The zero-order valence-electron chi connectivity index (χ0n) is 15.8. The summed E-state index contributed by atoms with van der Waals surface area (Å²) >= 11 is 0. The van der Waals surface area contributed by atoms with Crippen molar-refractivity contribution in [1.82, 2.24) is 9.47 Å². The molecule has 1 rings (SSSR count). The van der Waals surface area contributed by atoms with Crippen LogP contribution in [0.5, 0.6) is 0 Å². The van der Waals surface area contributed by atoms with Gasteiger partial charge < -0.3 is 4.90 Å². The van der Waals surface area contributed by atoms with Crippen LogP contribution in [0, 0.1) is 0 Å². The van der Waals surface area contributed by atoms with Crippen molar-refractivity contribution in [2.24, 2.45) is 0 Å². The Morgan fingerprint density at radius 1 is 0.917 bits per heavy atom. The van der Waals surface area contributed by atoms with Gasteiger partial charge in [0.15, 0.2) is 8.24 Å². The quantitative estimate of drug-likeness (QED) is 0.621. The van der Waals surface area contributed by atoms with Gasteiger partial charge in [0, 0.05) is 18.7 Å². The number of imide groups is 1. The molecule has 3 amide bonds. The van der Waals surface area contributed by atoms with E-state index in [-0.39, 0.29) is 11.9 Å². The molecule has 0 N–H and O–H groups in total. The van der Waals surface area contributed by atoms with Gasteiger partial charge in [-0.25, -0.2) is 4.79 Å². The van der Waals surface area contributed by atoms with Gasteiger partial charge in [-0.15, -0.1) is 0 Å². The molecule has 0 heterocycles. The first kappa shape index (κ1) is 20.4. The van der Waals surface area contributed by atoms with Crippen LogP contribution in [0.15, 0.2) is 30.3 Å². The van der Waals surface area contributed by atoms with E-state index in [1.807, 2.05) is 42.7 Å². The Bertz CT molecular complexity index is 518. The van der Waals surface area contributed by atoms with Gasteiger partial charge in [0.25, 0.3) is 5.91 Å². The first-order valence-corrected chi connectivity index (χ1v) is 12.5. The first-order chi connectivity index (χ1) is 11.3. The van der Waals surface area contributed by atoms with Crippen LogP contribution in [-0.4, -0.2) is 42.7 Å². The molecule has 24 heavy (non-hydrogen) atoms. The lowest BCUT2D eigenvalue weighted by Gasteiger charge is -2.37. The lowest BCUT2D eigenvalue weighted by Crippen LogP contribution is -2.57. The minimum Gasteiger partial charge on any atom is -0.325 e. The van der Waals surface area contributed by atoms with Gasteiger partial charge in [-0.1, -0.05) is 64.5 Å². The standard InChI is InChI=1S/C19H32N2O2Si/c1-6-8-15-20(16-9-7-2)19(23)21(24(3,4)5)18(22)17-13-11-10-12-14-17/h10-14H,6-9,15-16H2,1-5H3. The van der Waals surface area contributed by atoms with E-state index < -0.39 is 8.24 Å². The SMILES string of the molecule is CCCCN(CCCC)C(=O)N(C(=O)c1ccccc1)[Si](C)(C)C. The van der Waals surface area contributed by atoms with Crippen molar-refractivity contribution in [3.8, 4) is 0 Å². The van der Waals surface area contributed by atoms with Gasteiger partial charge in [0.05, 0.1) is 0 Å². The maximum absolute atomic E-state index is 13.2. The summed E-state index contributed by atoms with van der Waals surface area (Å²) in [6, 6.07) is 9.01. The molecule has 0 aromatic heterocycles. The Morgan fingerprint density at radius 3 is 1.83 bits per heavy atom. The third-order valence-corrected chi connectivity index (χ3v) is 5.66. The van der Waals surface area contributed by atoms with Crippen LogP contribution < -0.4 is 0 Å². The Labute approximate surface area is 147 Å². The first-order valence-electron chi connectivity index (χ1n) is 9.01. The number of urea groups is 1. The number of unbranched alkanes of at least 4 members (excludes halogenated alkanes) is 2. The van der Waals surface area contributed by atoms with Crippen molar-refractivity contribution < 1.29 is 9.59 Å². The topological polar surface area (TPSA) is 40.6 Å². The molecule has 0 bridgehead atoms. The van der Waals surface area contributed by atoms with E-state index in [4.69, 9.17) is 0 Å². The molecule has 0 spiro atoms. The van der Waals surface area contributed by atoms with Gasteiger partial charge in [-0.05, 0) is 25.0 Å². The predicted octanol–water partition coefficient (Wildman–Crippen LogP) is 4.99. The summed E-state index contributed by atoms with van der Waals surface area (Å²) in [5, 5.41) is 0. The van der Waals surface area contributed by atoms with Gasteiger partial charge >= 0.3 is 6.03 Å². The Balaban J connectivity index is 3.08. The van der Waals surface area contributed by atoms with E-state index >= 15 is 0 Å². The van der Waals surface area contributed by atoms with E-state index in [1.165, 1.54) is 0 Å². The molecule has 0 unspecified atom stereocenters. The number of nitrogens with zero attached hydrogens (tertiary/aromatic N) is 2. The van der Waals surface area contributed by atoms with Gasteiger partial charge in [0.1, 0.15) is 0 Å². The van der Waals surface area contributed by atoms with Gasteiger partial charge in [0.2, 0.25) is 0 Å². The summed E-state index contributed by atoms with van der Waals surface area (Å²) in [5.74, 6) is -0.169. The van der Waals surface area contributed by atoms with Crippen LogP contribution >= 0.6 is 0 Å². The van der Waals surface area contributed by atoms with Crippen LogP contribution in [0.2, 0.25) is 19.6 Å². The van der Waals surface area contributed by atoms with E-state index in [1.54, 1.807) is 16.7 Å². The molecule has 0 aliphatic heterocycles. The van der Waals surface area contributed by atoms with Crippen molar-refractivity contribution in [1.29, 1.82) is 0 Å². The Hall–Kier alpha value is -1.62. The van der Waals surface area contributed by atoms with Crippen LogP contribution in [0.4, 0.5) is 4.79 Å². The lowest BCUT2D eigenvalue weighted by atomic mass is 10.2. The fourth-order valence-corrected chi connectivity index (χ4v) is 3.98. The molecule has 0 aliphatic rings. The van der Waals surface area contributed by atoms with Crippen LogP contribution in [-0.2, 0) is 0 Å². The van der Waals surface area contributed by atoms with Crippen molar-refractivity contribution in [2.45, 2.75) is 59.2 Å². The van der Waals surface area contributed by atoms with Crippen molar-refractivity contribution in [2.75, 3.05) is 13.1 Å². The minimum atomic E-state index is -2.14. The zero-order chi connectivity index (χ0) is 18.2. The summed E-state index contributed by atoms with van der Waals surface area (Å²) in [4.78, 5) is 28.0. The molecule has 1 aromatic carbocycles. The molecule has 0 atom stereocenters. The molecule has 1 aromatic rings. The number of rotatable bonds is 8. The molecule has 0 saturated carbocycles. The zero-order valence-corrected chi connectivity index (χ0v) is 16.8. The third kappa shape index (κ3) is 5.78. The highest BCUT2D eigenvalue weighted by atomic mass is 28.3. The molecular formula is C19H32N2O2Si. The molecule has 0 radical (unpaired) electrons. The number of amides is 3. The number of hydrogen-bond acceptors (Lipinski definition) is 2. The maximum Gasteiger partial charge on any atom is 0.318 e. The Morgan fingerprint density at radius 2 is 1.42 bits per heavy atom. The molecule has 5 heteroatoms. The second-order valence-corrected chi connectivity index (χ2v) is 11.9. The highest BCUT2D eigenvalue weighted by Gasteiger charge is 2.37. The smallest absolute Gasteiger partial charge is 0.318 e. The van der Waals surface area contributed by atoms with Crippen LogP contribution in [0.3, 0.4) is 0 Å². The largest absolute Gasteiger partial charge is 0.325 e. The number of benzene rings is 1. The second-order valence-electron chi connectivity index (χ2n) is 7.15. The van der Waals surface area contributed by atoms with E-state index in [0.29, 0.717) is 5.56 Å². The van der Waals surface area contributed by atoms with Gasteiger partial charge in [-0.3, -0.25) is 9.36 Å². The van der Waals surface area contributed by atoms with Crippen molar-refractivity contribution in [3.63, 3.8) is 0 Å². The number of hydrogen-bond donors (Lipinski definition) is 0. The van der Waals surface area contributed by atoms with E-state index in [2.05, 4.69) is 13.8 Å². The van der Waals surface area contributed by atoms with E-state index in [0.717, 1.165) is 38.8 Å². The summed E-state index contributed by atoms with van der Waals surface area (Å²) in [6.45, 7) is 11.8. The molecule has 134 valence electrons. The summed E-state index contributed by atoms with van der Waals surface area (Å²) in [7, 11) is -2.14. The summed E-state index contributed by atoms with van der Waals surface area (Å²) in [5.41, 5.74) is 0.583. The van der Waals surface area contributed by atoms with Crippen LogP contribution in [0.1, 0.15) is 49.9 Å². The Kier molecular flexibility index (Phi) is 8.18. The normalized spacial score (nSPS) is 11.2. The third-order valence-electron chi connectivity index (χ3n) is 3.92. The van der Waals surface area contributed by atoms with E-state index in [9.17, 15) is 9.59 Å². The highest BCUT2D eigenvalue weighted by Crippen LogP contribution is 2.18. The average molecular weight is 349 g/mol. The molecule has 0 saturated heterocycles. The number of carbonyl (C=O) groups is 2. The minimum absolute atomic E-state index is 0.120. The lowest BCUT2D eigenvalue weighted by molar-refractivity contribution is 0.0848.